The van der Waals surface area contributed by atoms with E-state index in [1.54, 1.807) is 24.3 Å². The Morgan fingerprint density at radius 3 is 2.14 bits per heavy atom. The summed E-state index contributed by atoms with van der Waals surface area (Å²) in [6, 6.07) is 11.1. The molecule has 2 rings (SSSR count). The molecule has 0 saturated heterocycles. The predicted molar refractivity (Wildman–Crippen MR) is 83.3 cm³/mol. The van der Waals surface area contributed by atoms with Crippen molar-refractivity contribution < 1.29 is 9.59 Å². The van der Waals surface area contributed by atoms with Crippen molar-refractivity contribution in [1.82, 2.24) is 4.57 Å². The van der Waals surface area contributed by atoms with E-state index in [0.717, 1.165) is 11.4 Å². The number of hydrogen-bond donors (Lipinski definition) is 2. The first-order valence-corrected chi connectivity index (χ1v) is 6.76. The normalized spacial score (nSPS) is 10.2. The molecule has 0 saturated carbocycles. The minimum Gasteiger partial charge on any atom is -0.340 e. The fraction of sp³-hybridized carbons (Fsp3) is 0.250. The Labute approximate surface area is 124 Å². The van der Waals surface area contributed by atoms with Crippen molar-refractivity contribution in [3.05, 3.63) is 47.8 Å². The van der Waals surface area contributed by atoms with Crippen molar-refractivity contribution in [2.45, 2.75) is 27.3 Å². The van der Waals surface area contributed by atoms with Crippen LogP contribution in [0.4, 0.5) is 11.4 Å². The van der Waals surface area contributed by atoms with Crippen molar-refractivity contribution >= 4 is 23.2 Å². The van der Waals surface area contributed by atoms with Gasteiger partial charge in [0.05, 0.1) is 0 Å². The molecule has 2 aromatic rings. The van der Waals surface area contributed by atoms with Crippen LogP contribution in [0, 0.1) is 13.8 Å². The maximum Gasteiger partial charge on any atom is 0.244 e. The highest BCUT2D eigenvalue weighted by molar-refractivity contribution is 5.93. The lowest BCUT2D eigenvalue weighted by molar-refractivity contribution is -0.117. The van der Waals surface area contributed by atoms with Gasteiger partial charge in [-0.15, -0.1) is 0 Å². The summed E-state index contributed by atoms with van der Waals surface area (Å²) in [5.41, 5.74) is 3.42. The molecular weight excluding hydrogens is 266 g/mol. The smallest absolute Gasteiger partial charge is 0.244 e. The molecule has 1 aromatic carbocycles. The van der Waals surface area contributed by atoms with Gasteiger partial charge in [0.15, 0.2) is 0 Å². The molecule has 0 aliphatic rings. The summed E-state index contributed by atoms with van der Waals surface area (Å²) >= 11 is 0. The molecule has 0 fully saturated rings. The molecule has 0 bridgehead atoms. The van der Waals surface area contributed by atoms with Crippen LogP contribution in [0.1, 0.15) is 18.3 Å². The van der Waals surface area contributed by atoms with Crippen LogP contribution in [0.25, 0.3) is 0 Å². The number of anilines is 2. The zero-order valence-electron chi connectivity index (χ0n) is 12.4. The van der Waals surface area contributed by atoms with E-state index < -0.39 is 0 Å². The fourth-order valence-electron chi connectivity index (χ4n) is 2.17. The number of benzene rings is 1. The van der Waals surface area contributed by atoms with E-state index >= 15 is 0 Å². The number of aryl methyl sites for hydroxylation is 2. The van der Waals surface area contributed by atoms with Crippen molar-refractivity contribution in [3.8, 4) is 0 Å². The molecule has 5 heteroatoms. The second-order valence-electron chi connectivity index (χ2n) is 5.01. The maximum atomic E-state index is 12.1. The highest BCUT2D eigenvalue weighted by atomic mass is 16.2. The highest BCUT2D eigenvalue weighted by Gasteiger charge is 2.08. The Morgan fingerprint density at radius 2 is 1.57 bits per heavy atom. The third-order valence-electron chi connectivity index (χ3n) is 3.19. The van der Waals surface area contributed by atoms with Crippen LogP contribution in [0.2, 0.25) is 0 Å². The molecule has 5 nitrogen and oxygen atoms in total. The second-order valence-corrected chi connectivity index (χ2v) is 5.01. The summed E-state index contributed by atoms with van der Waals surface area (Å²) in [7, 11) is 0. The lowest BCUT2D eigenvalue weighted by Gasteiger charge is -2.11. The van der Waals surface area contributed by atoms with Crippen LogP contribution in [0.3, 0.4) is 0 Å². The van der Waals surface area contributed by atoms with Gasteiger partial charge in [-0.1, -0.05) is 6.07 Å². The Bertz CT molecular complexity index is 654. The number of rotatable bonds is 4. The molecular formula is C16H19N3O2. The third kappa shape index (κ3) is 3.95. The van der Waals surface area contributed by atoms with Gasteiger partial charge in [0.2, 0.25) is 11.8 Å². The van der Waals surface area contributed by atoms with Gasteiger partial charge in [-0.25, -0.2) is 0 Å². The standard InChI is InChI=1S/C16H19N3O2/c1-11-7-8-12(2)19(11)10-16(21)18-15-6-4-5-14(9-15)17-13(3)20/h4-9H,10H2,1-3H3,(H,17,20)(H,18,21). The number of carbonyl (C=O) groups excluding carboxylic acids is 2. The van der Waals surface area contributed by atoms with Crippen molar-refractivity contribution in [2.24, 2.45) is 0 Å². The quantitative estimate of drug-likeness (QED) is 0.907. The topological polar surface area (TPSA) is 63.1 Å². The first-order chi connectivity index (χ1) is 9.95. The molecule has 0 spiro atoms. The van der Waals surface area contributed by atoms with Gasteiger partial charge in [-0.2, -0.15) is 0 Å². The molecule has 0 aliphatic carbocycles. The molecule has 0 unspecified atom stereocenters. The predicted octanol–water partition coefficient (Wildman–Crippen LogP) is 2.70. The summed E-state index contributed by atoms with van der Waals surface area (Å²) < 4.78 is 1.95. The van der Waals surface area contributed by atoms with E-state index in [2.05, 4.69) is 10.6 Å². The maximum absolute atomic E-state index is 12.1. The SMILES string of the molecule is CC(=O)Nc1cccc(NC(=O)Cn2c(C)ccc2C)c1. The van der Waals surface area contributed by atoms with Crippen molar-refractivity contribution in [2.75, 3.05) is 10.6 Å². The molecule has 2 amide bonds. The molecule has 2 N–H and O–H groups in total. The van der Waals surface area contributed by atoms with Crippen molar-refractivity contribution in [1.29, 1.82) is 0 Å². The number of nitrogens with one attached hydrogen (secondary N) is 2. The third-order valence-corrected chi connectivity index (χ3v) is 3.19. The molecule has 110 valence electrons. The van der Waals surface area contributed by atoms with Crippen LogP contribution < -0.4 is 10.6 Å². The first-order valence-electron chi connectivity index (χ1n) is 6.76. The molecule has 1 heterocycles. The number of carbonyl (C=O) groups is 2. The van der Waals surface area contributed by atoms with Crippen LogP contribution >= 0.6 is 0 Å². The average molecular weight is 285 g/mol. The van der Waals surface area contributed by atoms with Gasteiger partial charge in [-0.3, -0.25) is 9.59 Å². The van der Waals surface area contributed by atoms with E-state index in [1.807, 2.05) is 30.5 Å². The highest BCUT2D eigenvalue weighted by Crippen LogP contribution is 2.15. The minimum atomic E-state index is -0.142. The lowest BCUT2D eigenvalue weighted by atomic mass is 10.2. The molecule has 0 atom stereocenters. The van der Waals surface area contributed by atoms with E-state index in [9.17, 15) is 9.59 Å². The number of nitrogens with zero attached hydrogens (tertiary/aromatic N) is 1. The summed E-state index contributed by atoms with van der Waals surface area (Å²) in [6.07, 6.45) is 0. The second kappa shape index (κ2) is 6.26. The van der Waals surface area contributed by atoms with Gasteiger partial charge in [0.1, 0.15) is 6.54 Å². The van der Waals surface area contributed by atoms with Crippen molar-refractivity contribution in [3.63, 3.8) is 0 Å². The average Bonchev–Trinajstić information content (AvgIpc) is 2.70. The largest absolute Gasteiger partial charge is 0.340 e. The van der Waals surface area contributed by atoms with Crippen LogP contribution in [-0.2, 0) is 16.1 Å². The molecule has 0 radical (unpaired) electrons. The molecule has 1 aromatic heterocycles. The lowest BCUT2D eigenvalue weighted by Crippen LogP contribution is -2.20. The molecule has 0 aliphatic heterocycles. The summed E-state index contributed by atoms with van der Waals surface area (Å²) in [4.78, 5) is 23.1. The zero-order valence-corrected chi connectivity index (χ0v) is 12.4. The van der Waals surface area contributed by atoms with E-state index in [0.29, 0.717) is 11.4 Å². The van der Waals surface area contributed by atoms with E-state index in [4.69, 9.17) is 0 Å². The zero-order chi connectivity index (χ0) is 15.4. The van der Waals surface area contributed by atoms with Gasteiger partial charge in [-0.05, 0) is 44.2 Å². The molecule has 21 heavy (non-hydrogen) atoms. The number of aromatic nitrogens is 1. The summed E-state index contributed by atoms with van der Waals surface area (Å²) in [6.45, 7) is 5.66. The number of hydrogen-bond acceptors (Lipinski definition) is 2. The van der Waals surface area contributed by atoms with Gasteiger partial charge < -0.3 is 15.2 Å². The Balaban J connectivity index is 2.04. The Hall–Kier alpha value is -2.56. The summed E-state index contributed by atoms with van der Waals surface area (Å²) in [5, 5.41) is 5.52. The monoisotopic (exact) mass is 285 g/mol. The number of amides is 2. The summed E-state index contributed by atoms with van der Waals surface area (Å²) in [5.74, 6) is -0.241. The fourth-order valence-corrected chi connectivity index (χ4v) is 2.17. The minimum absolute atomic E-state index is 0.0997. The Morgan fingerprint density at radius 1 is 1.00 bits per heavy atom. The van der Waals surface area contributed by atoms with Gasteiger partial charge in [0.25, 0.3) is 0 Å². The van der Waals surface area contributed by atoms with E-state index in [1.165, 1.54) is 6.92 Å². The van der Waals surface area contributed by atoms with Crippen LogP contribution in [0.5, 0.6) is 0 Å². The van der Waals surface area contributed by atoms with Crippen LogP contribution in [-0.4, -0.2) is 16.4 Å². The van der Waals surface area contributed by atoms with Gasteiger partial charge >= 0.3 is 0 Å². The first kappa shape index (κ1) is 14.8. The Kier molecular flexibility index (Phi) is 4.42. The van der Waals surface area contributed by atoms with Crippen LogP contribution in [0.15, 0.2) is 36.4 Å². The van der Waals surface area contributed by atoms with E-state index in [-0.39, 0.29) is 18.4 Å². The van der Waals surface area contributed by atoms with Gasteiger partial charge in [0, 0.05) is 29.7 Å².